The van der Waals surface area contributed by atoms with Gasteiger partial charge in [0.15, 0.2) is 0 Å². The Bertz CT molecular complexity index is 75.0. The van der Waals surface area contributed by atoms with Crippen LogP contribution in [0.5, 0.6) is 0 Å². The minimum absolute atomic E-state index is 0.299. The average Bonchev–Trinajstić information content (AvgIpc) is 1.95. The molecule has 0 radical (unpaired) electrons. The van der Waals surface area contributed by atoms with E-state index in [1.807, 2.05) is 0 Å². The molecule has 0 aromatic heterocycles. The minimum Gasteiger partial charge on any atom is -0.145 e. The van der Waals surface area contributed by atoms with Gasteiger partial charge in [-0.2, -0.15) is 0 Å². The lowest BCUT2D eigenvalue weighted by Gasteiger charge is -2.04. The lowest BCUT2D eigenvalue weighted by molar-refractivity contribution is 0.534. The van der Waals surface area contributed by atoms with Gasteiger partial charge in [-0.3, -0.25) is 0 Å². The fraction of sp³-hybridized carbons (Fsp3) is 1.00. The highest BCUT2D eigenvalue weighted by molar-refractivity contribution is 6.37. The van der Waals surface area contributed by atoms with Gasteiger partial charge in [0.05, 0.1) is 0 Å². The van der Waals surface area contributed by atoms with Crippen molar-refractivity contribution in [3.05, 3.63) is 0 Å². The van der Waals surface area contributed by atoms with E-state index in [0.717, 1.165) is 9.97 Å². The highest BCUT2D eigenvalue weighted by atomic mass is 24.5. The summed E-state index contributed by atoms with van der Waals surface area (Å²) in [5.74, 6) is 0.910. The molecule has 0 saturated heterocycles. The fourth-order valence-electron chi connectivity index (χ4n) is 1.46. The van der Waals surface area contributed by atoms with Gasteiger partial charge < -0.3 is 0 Å². The summed E-state index contributed by atoms with van der Waals surface area (Å²) in [6, 6.07) is 0. The molecule has 0 aliphatic rings. The van der Waals surface area contributed by atoms with Crippen LogP contribution in [-0.4, -0.2) is 20.4 Å². The second-order valence-corrected chi connectivity index (χ2v) is 7.70. The zero-order valence-corrected chi connectivity index (χ0v) is 10.8. The third-order valence-corrected chi connectivity index (χ3v) is 4.38. The van der Waals surface area contributed by atoms with Crippen molar-refractivity contribution in [3.8, 4) is 0 Å². The molecule has 0 saturated carbocycles. The molecule has 0 rings (SSSR count). The minimum atomic E-state index is 0.299. The summed E-state index contributed by atoms with van der Waals surface area (Å²) < 4.78 is 2.62. The average molecular weight is 181 g/mol. The fourth-order valence-corrected chi connectivity index (χ4v) is 2.92. The number of hydrogen-bond acceptors (Lipinski definition) is 0. The van der Waals surface area contributed by atoms with E-state index in [2.05, 4.69) is 27.7 Å². The zero-order valence-electron chi connectivity index (χ0n) is 9.40. The van der Waals surface area contributed by atoms with E-state index < -0.39 is 0 Å². The normalized spacial score (nSPS) is 10.8. The van der Waals surface area contributed by atoms with E-state index in [1.165, 1.54) is 25.7 Å². The van der Waals surface area contributed by atoms with Crippen molar-refractivity contribution in [2.75, 3.05) is 0 Å². The lowest BCUT2D eigenvalue weighted by atomic mass is 10.1. The van der Waals surface area contributed by atoms with Gasteiger partial charge in [0.25, 0.3) is 0 Å². The van der Waals surface area contributed by atoms with E-state index in [4.69, 9.17) is 0 Å². The number of rotatable bonds is 7. The summed E-state index contributed by atoms with van der Waals surface area (Å²) in [5.41, 5.74) is 0. The van der Waals surface area contributed by atoms with E-state index in [0.29, 0.717) is 20.4 Å². The Kier molecular flexibility index (Phi) is 8.90. The van der Waals surface area contributed by atoms with Crippen molar-refractivity contribution in [3.63, 3.8) is 0 Å². The molecule has 0 aliphatic heterocycles. The Morgan fingerprint density at radius 3 is 2.08 bits per heavy atom. The Balaban J connectivity index is 2.91. The van der Waals surface area contributed by atoms with Crippen molar-refractivity contribution in [2.24, 2.45) is 5.92 Å². The molecule has 0 aromatic carbocycles. The molecule has 70 valence electrons. The first-order valence-electron chi connectivity index (χ1n) is 5.63. The second-order valence-electron chi connectivity index (χ2n) is 4.78. The van der Waals surface area contributed by atoms with Crippen LogP contribution in [0, 0.1) is 5.92 Å². The van der Waals surface area contributed by atoms with Crippen LogP contribution in [0.3, 0.4) is 0 Å². The van der Waals surface area contributed by atoms with Crippen LogP contribution in [0.1, 0.15) is 53.4 Å². The van der Waals surface area contributed by atoms with Crippen LogP contribution >= 0.6 is 0 Å². The van der Waals surface area contributed by atoms with Gasteiger partial charge in [0.2, 0.25) is 0 Å². The maximum Gasteiger partial charge on any atom is 0.367 e. The molecule has 0 unspecified atom stereocenters. The summed E-state index contributed by atoms with van der Waals surface area (Å²) in [6.45, 7) is 9.40. The zero-order chi connectivity index (χ0) is 9.40. The van der Waals surface area contributed by atoms with E-state index in [-0.39, 0.29) is 0 Å². The quantitative estimate of drug-likeness (QED) is 0.408. The largest absolute Gasteiger partial charge is 0.367 e. The van der Waals surface area contributed by atoms with Crippen molar-refractivity contribution < 1.29 is 0 Å². The van der Waals surface area contributed by atoms with Crippen LogP contribution in [0.15, 0.2) is 0 Å². The summed E-state index contributed by atoms with van der Waals surface area (Å²) in [6.07, 6.45) is 5.89. The molecule has 0 spiro atoms. The topological polar surface area (TPSA) is 0 Å². The molecule has 0 aromatic rings. The van der Waals surface area contributed by atoms with Crippen LogP contribution in [0.2, 0.25) is 8.60 Å². The third kappa shape index (κ3) is 10.8. The first-order valence-corrected chi connectivity index (χ1v) is 7.44. The molecule has 0 aliphatic carbocycles. The predicted octanol–water partition coefficient (Wildman–Crippen LogP) is 4.15. The highest BCUT2D eigenvalue weighted by Gasteiger charge is 2.00. The molecule has 0 N–H and O–H groups in total. The van der Waals surface area contributed by atoms with Gasteiger partial charge >= 0.3 is 20.4 Å². The van der Waals surface area contributed by atoms with E-state index in [9.17, 15) is 0 Å². The van der Waals surface area contributed by atoms with Crippen molar-refractivity contribution in [1.82, 2.24) is 0 Å². The van der Waals surface area contributed by atoms with Gasteiger partial charge in [0, 0.05) is 0 Å². The molecule has 0 nitrogen and oxygen atoms in total. The molecular weight excluding hydrogens is 156 g/mol. The van der Waals surface area contributed by atoms with E-state index >= 15 is 0 Å². The summed E-state index contributed by atoms with van der Waals surface area (Å²) >= 11 is 0.299. The number of hydrogen-bond donors (Lipinski definition) is 0. The molecule has 0 fully saturated rings. The van der Waals surface area contributed by atoms with Crippen LogP contribution in [0.25, 0.3) is 0 Å². The SMILES string of the molecule is CC(C)CCCC[CH2][Mg][CH](C)C. The van der Waals surface area contributed by atoms with E-state index in [1.54, 1.807) is 4.55 Å². The first-order chi connectivity index (χ1) is 5.63. The molecular formula is C11H24Mg. The Morgan fingerprint density at radius 1 is 0.917 bits per heavy atom. The van der Waals surface area contributed by atoms with Gasteiger partial charge in [-0.1, -0.05) is 53.4 Å². The molecule has 0 heterocycles. The second kappa shape index (κ2) is 8.37. The Hall–Kier alpha value is 0.766. The van der Waals surface area contributed by atoms with Crippen LogP contribution < -0.4 is 0 Å². The molecule has 12 heavy (non-hydrogen) atoms. The van der Waals surface area contributed by atoms with Gasteiger partial charge in [-0.05, 0) is 5.92 Å². The predicted molar refractivity (Wildman–Crippen MR) is 59.0 cm³/mol. The Labute approximate surface area is 88.2 Å². The van der Waals surface area contributed by atoms with Gasteiger partial charge in [-0.15, -0.1) is 8.60 Å². The molecule has 0 bridgehead atoms. The summed E-state index contributed by atoms with van der Waals surface area (Å²) in [4.78, 5) is 0. The maximum absolute atomic E-state index is 2.38. The third-order valence-electron chi connectivity index (χ3n) is 2.31. The van der Waals surface area contributed by atoms with Gasteiger partial charge in [-0.25, -0.2) is 0 Å². The van der Waals surface area contributed by atoms with Crippen LogP contribution in [0.4, 0.5) is 0 Å². The summed E-state index contributed by atoms with van der Waals surface area (Å²) in [5, 5.41) is 0. The van der Waals surface area contributed by atoms with Crippen molar-refractivity contribution >= 4 is 20.4 Å². The van der Waals surface area contributed by atoms with Crippen molar-refractivity contribution in [1.29, 1.82) is 0 Å². The monoisotopic (exact) mass is 180 g/mol. The number of unbranched alkanes of at least 4 members (excludes halogenated alkanes) is 2. The van der Waals surface area contributed by atoms with Gasteiger partial charge in [0.1, 0.15) is 0 Å². The molecule has 0 amide bonds. The smallest absolute Gasteiger partial charge is 0.145 e. The molecule has 1 heteroatoms. The van der Waals surface area contributed by atoms with Crippen molar-refractivity contribution in [2.45, 2.75) is 62.0 Å². The summed E-state index contributed by atoms with van der Waals surface area (Å²) in [7, 11) is 0. The Morgan fingerprint density at radius 2 is 1.58 bits per heavy atom. The lowest BCUT2D eigenvalue weighted by Crippen LogP contribution is -1.94. The standard InChI is InChI=1S/C8H17.C3H7.Mg/c1-4-5-6-7-8(2)3;1-3-2;/h8H,1,4-7H2,2-3H3;3H,1-2H3;. The molecule has 0 atom stereocenters. The van der Waals surface area contributed by atoms with Crippen LogP contribution in [-0.2, 0) is 0 Å². The first kappa shape index (κ1) is 12.8. The highest BCUT2D eigenvalue weighted by Crippen LogP contribution is 2.11. The maximum atomic E-state index is 2.38.